The third-order valence-corrected chi connectivity index (χ3v) is 2.75. The predicted octanol–water partition coefficient (Wildman–Crippen LogP) is -2.52. The Bertz CT molecular complexity index is 343. The molecule has 0 bridgehead atoms. The summed E-state index contributed by atoms with van der Waals surface area (Å²) in [5, 5.41) is 26.9. The zero-order chi connectivity index (χ0) is 11.3. The molecule has 0 aliphatic carbocycles. The number of hydrogen-bond donors (Lipinski definition) is 1. The van der Waals surface area contributed by atoms with Gasteiger partial charge in [-0.15, -0.1) is 5.10 Å². The van der Waals surface area contributed by atoms with Gasteiger partial charge in [-0.25, -0.2) is 0 Å². The molecule has 1 aromatic heterocycles. The van der Waals surface area contributed by atoms with E-state index in [1.54, 1.807) is 0 Å². The van der Waals surface area contributed by atoms with E-state index in [-0.39, 0.29) is 61.4 Å². The SMILES string of the molecule is O=C([O-])CSc1n[nH]c(SCC(=O)[O-])n1.[Ag+].[Ag+]. The van der Waals surface area contributed by atoms with Crippen LogP contribution in [0, 0.1) is 0 Å². The van der Waals surface area contributed by atoms with Crippen molar-refractivity contribution in [2.45, 2.75) is 10.3 Å². The first-order valence-corrected chi connectivity index (χ1v) is 5.62. The zero-order valence-corrected chi connectivity index (χ0v) is 12.5. The number of thioether (sulfide) groups is 2. The number of carbonyl (C=O) groups is 2. The summed E-state index contributed by atoms with van der Waals surface area (Å²) in [6.45, 7) is 0. The van der Waals surface area contributed by atoms with Crippen molar-refractivity contribution in [3.63, 3.8) is 0 Å². The molecule has 1 rings (SSSR count). The molecule has 1 N–H and O–H groups in total. The van der Waals surface area contributed by atoms with Crippen molar-refractivity contribution >= 4 is 35.5 Å². The van der Waals surface area contributed by atoms with Gasteiger partial charge in [0.2, 0.25) is 5.16 Å². The fourth-order valence-corrected chi connectivity index (χ4v) is 1.70. The van der Waals surface area contributed by atoms with E-state index < -0.39 is 11.9 Å². The largest absolute Gasteiger partial charge is 1.00 e. The summed E-state index contributed by atoms with van der Waals surface area (Å²) in [6.07, 6.45) is 0. The Morgan fingerprint density at radius 3 is 2.18 bits per heavy atom. The van der Waals surface area contributed by atoms with Crippen LogP contribution in [-0.2, 0) is 54.3 Å². The van der Waals surface area contributed by atoms with Crippen molar-refractivity contribution in [3.8, 4) is 0 Å². The summed E-state index contributed by atoms with van der Waals surface area (Å²) >= 11 is 1.81. The molecule has 1 heterocycles. The Hall–Kier alpha value is 0.261. The van der Waals surface area contributed by atoms with Gasteiger partial charge in [0.1, 0.15) is 0 Å². The molecule has 0 aromatic carbocycles. The fraction of sp³-hybridized carbons (Fsp3) is 0.333. The van der Waals surface area contributed by atoms with Crippen LogP contribution in [0.1, 0.15) is 0 Å². The van der Waals surface area contributed by atoms with Gasteiger partial charge in [-0.05, 0) is 0 Å². The van der Waals surface area contributed by atoms with E-state index in [1.807, 2.05) is 0 Å². The normalized spacial score (nSPS) is 8.94. The molecule has 0 saturated heterocycles. The summed E-state index contributed by atoms with van der Waals surface area (Å²) < 4.78 is 0. The molecule has 0 aliphatic rings. The number of H-pyrrole nitrogens is 1. The second-order valence-corrected chi connectivity index (χ2v) is 4.15. The van der Waals surface area contributed by atoms with Crippen LogP contribution in [0.5, 0.6) is 0 Å². The third-order valence-electron chi connectivity index (χ3n) is 1.09. The number of nitrogens with one attached hydrogen (secondary N) is 1. The van der Waals surface area contributed by atoms with Gasteiger partial charge in [-0.3, -0.25) is 5.10 Å². The fourth-order valence-electron chi connectivity index (χ4n) is 0.612. The van der Waals surface area contributed by atoms with E-state index in [0.717, 1.165) is 23.5 Å². The number of rotatable bonds is 6. The monoisotopic (exact) mass is 461 g/mol. The number of aliphatic carboxylic acids is 2. The maximum Gasteiger partial charge on any atom is 1.00 e. The second kappa shape index (κ2) is 10.2. The number of aromatic amines is 1. The van der Waals surface area contributed by atoms with Gasteiger partial charge in [-0.1, -0.05) is 23.5 Å². The molecule has 0 aliphatic heterocycles. The van der Waals surface area contributed by atoms with Gasteiger partial charge >= 0.3 is 44.8 Å². The van der Waals surface area contributed by atoms with Crippen molar-refractivity contribution in [1.29, 1.82) is 0 Å². The number of carbonyl (C=O) groups excluding carboxylic acids is 2. The quantitative estimate of drug-likeness (QED) is 0.363. The molecule has 102 valence electrons. The maximum absolute atomic E-state index is 10.1. The van der Waals surface area contributed by atoms with Gasteiger partial charge in [0.15, 0.2) is 5.16 Å². The number of nitrogens with zero attached hydrogens (tertiary/aromatic N) is 2. The maximum atomic E-state index is 10.1. The van der Waals surface area contributed by atoms with Crippen LogP contribution in [0.25, 0.3) is 0 Å². The molecule has 0 unspecified atom stereocenters. The smallest absolute Gasteiger partial charge is 0.549 e. The minimum absolute atomic E-state index is 0. The summed E-state index contributed by atoms with van der Waals surface area (Å²) in [7, 11) is 0. The summed E-state index contributed by atoms with van der Waals surface area (Å²) in [5.41, 5.74) is 0. The summed E-state index contributed by atoms with van der Waals surface area (Å²) in [6, 6.07) is 0. The third kappa shape index (κ3) is 8.91. The predicted molar refractivity (Wildman–Crippen MR) is 47.8 cm³/mol. The first kappa shape index (κ1) is 19.6. The molecule has 1 aromatic rings. The van der Waals surface area contributed by atoms with Crippen molar-refractivity contribution in [3.05, 3.63) is 0 Å². The molecular formula is C6H5Ag2N3O4S2. The first-order chi connectivity index (χ1) is 7.08. The minimum Gasteiger partial charge on any atom is -0.549 e. The molecule has 7 nitrogen and oxygen atoms in total. The molecular weight excluding hydrogens is 458 g/mol. The molecule has 0 atom stereocenters. The molecule has 11 heteroatoms. The Kier molecular flexibility index (Phi) is 11.8. The Labute approximate surface area is 136 Å². The zero-order valence-electron chi connectivity index (χ0n) is 7.86. The molecule has 0 radical (unpaired) electrons. The Morgan fingerprint density at radius 1 is 1.12 bits per heavy atom. The van der Waals surface area contributed by atoms with Gasteiger partial charge in [0.25, 0.3) is 0 Å². The number of carboxylic acids is 2. The Morgan fingerprint density at radius 2 is 1.65 bits per heavy atom. The van der Waals surface area contributed by atoms with Crippen molar-refractivity contribution < 1.29 is 64.6 Å². The summed E-state index contributed by atoms with van der Waals surface area (Å²) in [5.74, 6) is -2.91. The molecule has 0 amide bonds. The van der Waals surface area contributed by atoms with E-state index in [1.165, 1.54) is 0 Å². The van der Waals surface area contributed by atoms with E-state index in [0.29, 0.717) is 5.16 Å². The van der Waals surface area contributed by atoms with E-state index >= 15 is 0 Å². The van der Waals surface area contributed by atoms with Gasteiger partial charge < -0.3 is 19.8 Å². The number of hydrogen-bond acceptors (Lipinski definition) is 8. The van der Waals surface area contributed by atoms with Crippen LogP contribution in [0.4, 0.5) is 0 Å². The number of aromatic nitrogens is 3. The van der Waals surface area contributed by atoms with Crippen LogP contribution in [0.3, 0.4) is 0 Å². The van der Waals surface area contributed by atoms with Crippen molar-refractivity contribution in [2.75, 3.05) is 11.5 Å². The average Bonchev–Trinajstić information content (AvgIpc) is 2.59. The van der Waals surface area contributed by atoms with Crippen molar-refractivity contribution in [1.82, 2.24) is 15.2 Å². The first-order valence-electron chi connectivity index (χ1n) is 3.65. The van der Waals surface area contributed by atoms with Gasteiger partial charge in [0, 0.05) is 11.5 Å². The molecule has 0 fully saturated rings. The van der Waals surface area contributed by atoms with Crippen LogP contribution in [0.15, 0.2) is 10.3 Å². The minimum atomic E-state index is -1.21. The van der Waals surface area contributed by atoms with Gasteiger partial charge in [0.05, 0.1) is 11.9 Å². The Balaban J connectivity index is 0. The topological polar surface area (TPSA) is 122 Å². The van der Waals surface area contributed by atoms with Crippen LogP contribution in [-0.4, -0.2) is 38.6 Å². The molecule has 0 saturated carbocycles. The average molecular weight is 463 g/mol. The van der Waals surface area contributed by atoms with Crippen molar-refractivity contribution in [2.24, 2.45) is 0 Å². The van der Waals surface area contributed by atoms with Crippen LogP contribution in [0.2, 0.25) is 0 Å². The van der Waals surface area contributed by atoms with Crippen LogP contribution < -0.4 is 10.2 Å². The second-order valence-electron chi connectivity index (χ2n) is 2.24. The standard InChI is InChI=1S/C6H7N3O4S2.2Ag/c10-3(11)1-14-5-7-6(9-8-5)15-2-4(12)13;;/h1-2H2,(H,10,11)(H,12,13)(H,7,8,9);;/q;2*+1/p-2. The van der Waals surface area contributed by atoms with Crippen LogP contribution >= 0.6 is 23.5 Å². The molecule has 17 heavy (non-hydrogen) atoms. The van der Waals surface area contributed by atoms with E-state index in [2.05, 4.69) is 15.2 Å². The van der Waals surface area contributed by atoms with Gasteiger partial charge in [-0.2, -0.15) is 4.98 Å². The number of carboxylic acid groups (broad SMARTS) is 2. The molecule has 0 spiro atoms. The summed E-state index contributed by atoms with van der Waals surface area (Å²) in [4.78, 5) is 24.0. The van der Waals surface area contributed by atoms with E-state index in [9.17, 15) is 19.8 Å². The van der Waals surface area contributed by atoms with E-state index in [4.69, 9.17) is 0 Å².